The molecule has 0 bridgehead atoms. The van der Waals surface area contributed by atoms with Gasteiger partial charge in [-0.1, -0.05) is 0 Å². The molecule has 1 aromatic carbocycles. The topological polar surface area (TPSA) is 98.9 Å². The monoisotopic (exact) mass is 328 g/mol. The highest BCUT2D eigenvalue weighted by Gasteiger charge is 2.31. The van der Waals surface area contributed by atoms with E-state index in [2.05, 4.69) is 0 Å². The van der Waals surface area contributed by atoms with E-state index in [1.807, 2.05) is 0 Å². The van der Waals surface area contributed by atoms with Crippen molar-refractivity contribution in [1.29, 1.82) is 0 Å². The van der Waals surface area contributed by atoms with Gasteiger partial charge in [0.1, 0.15) is 0 Å². The average Bonchev–Trinajstić information content (AvgIpc) is 2.54. The normalized spacial score (nSPS) is 17.2. The number of carbonyl (C=O) groups is 1. The lowest BCUT2D eigenvalue weighted by atomic mass is 9.98. The van der Waals surface area contributed by atoms with Crippen molar-refractivity contribution in [2.75, 3.05) is 27.3 Å². The zero-order valence-electron chi connectivity index (χ0n) is 12.6. The molecular weight excluding hydrogens is 308 g/mol. The zero-order chi connectivity index (χ0) is 16.3. The van der Waals surface area contributed by atoms with E-state index < -0.39 is 10.0 Å². The second kappa shape index (κ2) is 6.53. The maximum atomic E-state index is 12.6. The van der Waals surface area contributed by atoms with Crippen molar-refractivity contribution in [2.24, 2.45) is 11.7 Å². The van der Waals surface area contributed by atoms with Crippen molar-refractivity contribution in [2.45, 2.75) is 17.7 Å². The number of ether oxygens (including phenoxy) is 2. The van der Waals surface area contributed by atoms with Crippen LogP contribution in [0.1, 0.15) is 12.8 Å². The number of carbonyl (C=O) groups excluding carboxylic acids is 1. The minimum Gasteiger partial charge on any atom is -0.493 e. The molecule has 1 aliphatic rings. The van der Waals surface area contributed by atoms with Crippen molar-refractivity contribution in [3.63, 3.8) is 0 Å². The van der Waals surface area contributed by atoms with E-state index in [9.17, 15) is 13.2 Å². The first-order valence-corrected chi connectivity index (χ1v) is 8.35. The van der Waals surface area contributed by atoms with Gasteiger partial charge in [-0.25, -0.2) is 8.42 Å². The molecule has 1 saturated heterocycles. The highest BCUT2D eigenvalue weighted by atomic mass is 32.2. The van der Waals surface area contributed by atoms with Crippen molar-refractivity contribution in [3.8, 4) is 11.5 Å². The van der Waals surface area contributed by atoms with E-state index in [1.165, 1.54) is 30.7 Å². The van der Waals surface area contributed by atoms with Crippen LogP contribution in [0.3, 0.4) is 0 Å². The first-order chi connectivity index (χ1) is 10.4. The lowest BCUT2D eigenvalue weighted by Gasteiger charge is -2.29. The van der Waals surface area contributed by atoms with Crippen molar-refractivity contribution in [3.05, 3.63) is 18.2 Å². The molecule has 0 spiro atoms. The van der Waals surface area contributed by atoms with Gasteiger partial charge in [0, 0.05) is 25.1 Å². The summed E-state index contributed by atoms with van der Waals surface area (Å²) in [6.45, 7) is 0.564. The lowest BCUT2D eigenvalue weighted by molar-refractivity contribution is -0.122. The van der Waals surface area contributed by atoms with E-state index in [4.69, 9.17) is 15.2 Å². The summed E-state index contributed by atoms with van der Waals surface area (Å²) in [6.07, 6.45) is 0.893. The number of amides is 1. The maximum absolute atomic E-state index is 12.6. The first kappa shape index (κ1) is 16.6. The fraction of sp³-hybridized carbons (Fsp3) is 0.500. The van der Waals surface area contributed by atoms with Crippen LogP contribution in [0.15, 0.2) is 23.1 Å². The van der Waals surface area contributed by atoms with E-state index >= 15 is 0 Å². The van der Waals surface area contributed by atoms with Crippen LogP contribution < -0.4 is 15.2 Å². The molecule has 0 unspecified atom stereocenters. The predicted molar refractivity (Wildman–Crippen MR) is 80.2 cm³/mol. The van der Waals surface area contributed by atoms with Crippen molar-refractivity contribution >= 4 is 15.9 Å². The minimum absolute atomic E-state index is 0.141. The highest BCUT2D eigenvalue weighted by molar-refractivity contribution is 7.89. The van der Waals surface area contributed by atoms with Crippen LogP contribution in [-0.2, 0) is 14.8 Å². The Morgan fingerprint density at radius 1 is 1.18 bits per heavy atom. The molecule has 0 atom stereocenters. The molecule has 1 aromatic rings. The van der Waals surface area contributed by atoms with Crippen LogP contribution in [0, 0.1) is 5.92 Å². The number of methoxy groups -OCH3 is 2. The Labute approximate surface area is 130 Å². The average molecular weight is 328 g/mol. The number of piperidine rings is 1. The molecular formula is C14H20N2O5S. The predicted octanol–water partition coefficient (Wildman–Crippen LogP) is 0.590. The Morgan fingerprint density at radius 2 is 1.77 bits per heavy atom. The van der Waals surface area contributed by atoms with Gasteiger partial charge in [0.05, 0.1) is 19.1 Å². The van der Waals surface area contributed by atoms with Gasteiger partial charge in [0.15, 0.2) is 11.5 Å². The molecule has 1 heterocycles. The van der Waals surface area contributed by atoms with Crippen molar-refractivity contribution in [1.82, 2.24) is 4.31 Å². The van der Waals surface area contributed by atoms with Crippen LogP contribution in [0.5, 0.6) is 11.5 Å². The lowest BCUT2D eigenvalue weighted by Crippen LogP contribution is -2.41. The summed E-state index contributed by atoms with van der Waals surface area (Å²) in [5, 5.41) is 0. The van der Waals surface area contributed by atoms with Gasteiger partial charge in [-0.05, 0) is 25.0 Å². The molecule has 1 aliphatic heterocycles. The van der Waals surface area contributed by atoms with E-state index in [0.717, 1.165) is 0 Å². The van der Waals surface area contributed by atoms with Crippen LogP contribution in [0.4, 0.5) is 0 Å². The SMILES string of the molecule is COc1ccc(S(=O)(=O)N2CCC(C(N)=O)CC2)cc1OC. The van der Waals surface area contributed by atoms with Gasteiger partial charge in [0.25, 0.3) is 0 Å². The second-order valence-electron chi connectivity index (χ2n) is 5.10. The van der Waals surface area contributed by atoms with Gasteiger partial charge in [-0.2, -0.15) is 4.31 Å². The number of hydrogen-bond donors (Lipinski definition) is 1. The fourth-order valence-corrected chi connectivity index (χ4v) is 3.99. The summed E-state index contributed by atoms with van der Waals surface area (Å²) >= 11 is 0. The summed E-state index contributed by atoms with van der Waals surface area (Å²) in [7, 11) is -0.685. The number of nitrogens with zero attached hydrogens (tertiary/aromatic N) is 1. The summed E-state index contributed by atoms with van der Waals surface area (Å²) in [6, 6.07) is 4.48. The van der Waals surface area contributed by atoms with E-state index in [1.54, 1.807) is 6.07 Å². The van der Waals surface area contributed by atoms with Gasteiger partial charge in [-0.15, -0.1) is 0 Å². The molecule has 8 heteroatoms. The third kappa shape index (κ3) is 3.17. The van der Waals surface area contributed by atoms with E-state index in [-0.39, 0.29) is 29.8 Å². The number of nitrogens with two attached hydrogens (primary N) is 1. The van der Waals surface area contributed by atoms with Crippen molar-refractivity contribution < 1.29 is 22.7 Å². The van der Waals surface area contributed by atoms with Gasteiger partial charge >= 0.3 is 0 Å². The molecule has 1 fully saturated rings. The molecule has 1 amide bonds. The number of rotatable bonds is 5. The Balaban J connectivity index is 2.22. The van der Waals surface area contributed by atoms with E-state index in [0.29, 0.717) is 24.3 Å². The quantitative estimate of drug-likeness (QED) is 0.853. The summed E-state index contributed by atoms with van der Waals surface area (Å²) in [5.41, 5.74) is 5.27. The minimum atomic E-state index is -3.62. The molecule has 0 radical (unpaired) electrons. The van der Waals surface area contributed by atoms with Gasteiger partial charge in [0.2, 0.25) is 15.9 Å². The van der Waals surface area contributed by atoms with Crippen LogP contribution in [-0.4, -0.2) is 45.9 Å². The van der Waals surface area contributed by atoms with Gasteiger partial charge in [-0.3, -0.25) is 4.79 Å². The number of sulfonamides is 1. The summed E-state index contributed by atoms with van der Waals surface area (Å²) in [4.78, 5) is 11.3. The fourth-order valence-electron chi connectivity index (χ4n) is 2.51. The Hall–Kier alpha value is -1.80. The Morgan fingerprint density at radius 3 is 2.27 bits per heavy atom. The smallest absolute Gasteiger partial charge is 0.243 e. The third-order valence-electron chi connectivity index (χ3n) is 3.85. The summed E-state index contributed by atoms with van der Waals surface area (Å²) in [5.74, 6) is 0.199. The second-order valence-corrected chi connectivity index (χ2v) is 7.04. The highest BCUT2D eigenvalue weighted by Crippen LogP contribution is 2.31. The Bertz CT molecular complexity index is 651. The van der Waals surface area contributed by atoms with Gasteiger partial charge < -0.3 is 15.2 Å². The standard InChI is InChI=1S/C14H20N2O5S/c1-20-12-4-3-11(9-13(12)21-2)22(18,19)16-7-5-10(6-8-16)14(15)17/h3-4,9-10H,5-8H2,1-2H3,(H2,15,17). The molecule has 0 saturated carbocycles. The van der Waals surface area contributed by atoms with Crippen LogP contribution >= 0.6 is 0 Å². The largest absolute Gasteiger partial charge is 0.493 e. The molecule has 22 heavy (non-hydrogen) atoms. The number of hydrogen-bond acceptors (Lipinski definition) is 5. The Kier molecular flexibility index (Phi) is 4.92. The number of primary amides is 1. The number of benzene rings is 1. The molecule has 2 rings (SSSR count). The van der Waals surface area contributed by atoms with Crippen LogP contribution in [0.2, 0.25) is 0 Å². The zero-order valence-corrected chi connectivity index (χ0v) is 13.4. The molecule has 2 N–H and O–H groups in total. The van der Waals surface area contributed by atoms with Crippen LogP contribution in [0.25, 0.3) is 0 Å². The third-order valence-corrected chi connectivity index (χ3v) is 5.74. The molecule has 0 aliphatic carbocycles. The summed E-state index contributed by atoms with van der Waals surface area (Å²) < 4.78 is 36.9. The molecule has 7 nitrogen and oxygen atoms in total. The molecule has 122 valence electrons. The maximum Gasteiger partial charge on any atom is 0.243 e. The first-order valence-electron chi connectivity index (χ1n) is 6.91. The molecule has 0 aromatic heterocycles.